The molecule has 2 nitrogen and oxygen atoms in total. The van der Waals surface area contributed by atoms with Gasteiger partial charge in [-0.1, -0.05) is 58.4 Å². The third kappa shape index (κ3) is 2.67. The number of carbonyl (C=O) groups is 1. The fourth-order valence-corrected chi connectivity index (χ4v) is 2.41. The molecule has 3 heteroatoms. The van der Waals surface area contributed by atoms with Gasteiger partial charge in [0.05, 0.1) is 7.11 Å². The van der Waals surface area contributed by atoms with E-state index in [2.05, 4.69) is 34.1 Å². The van der Waals surface area contributed by atoms with Crippen molar-refractivity contribution < 1.29 is 9.53 Å². The van der Waals surface area contributed by atoms with Crippen LogP contribution in [0.1, 0.15) is 5.56 Å². The number of alkyl halides is 1. The van der Waals surface area contributed by atoms with Gasteiger partial charge in [0.15, 0.2) is 0 Å². The Morgan fingerprint density at radius 3 is 2.71 bits per heavy atom. The summed E-state index contributed by atoms with van der Waals surface area (Å²) < 4.78 is 4.71. The molecule has 0 saturated carbocycles. The summed E-state index contributed by atoms with van der Waals surface area (Å²) >= 11 is 3.35. The first-order chi connectivity index (χ1) is 8.22. The van der Waals surface area contributed by atoms with Gasteiger partial charge in [-0.15, -0.1) is 0 Å². The van der Waals surface area contributed by atoms with Crippen molar-refractivity contribution in [2.45, 2.75) is 11.2 Å². The van der Waals surface area contributed by atoms with Crippen LogP contribution >= 0.6 is 15.9 Å². The van der Waals surface area contributed by atoms with Crippen molar-refractivity contribution in [1.29, 1.82) is 0 Å². The van der Waals surface area contributed by atoms with Crippen LogP contribution in [0.5, 0.6) is 0 Å². The van der Waals surface area contributed by atoms with Crippen LogP contribution in [0.2, 0.25) is 0 Å². The number of benzene rings is 2. The van der Waals surface area contributed by atoms with Crippen molar-refractivity contribution >= 4 is 32.7 Å². The minimum atomic E-state index is -0.293. The largest absolute Gasteiger partial charge is 0.468 e. The number of methoxy groups -OCH3 is 1. The van der Waals surface area contributed by atoms with E-state index in [1.54, 1.807) is 0 Å². The van der Waals surface area contributed by atoms with Gasteiger partial charge in [0, 0.05) is 0 Å². The molecule has 0 aliphatic carbocycles. The predicted molar refractivity (Wildman–Crippen MR) is 72.4 cm³/mol. The van der Waals surface area contributed by atoms with Gasteiger partial charge >= 0.3 is 5.97 Å². The number of carbonyl (C=O) groups excluding carboxylic acids is 1. The Morgan fingerprint density at radius 2 is 1.94 bits per heavy atom. The second-order valence-corrected chi connectivity index (χ2v) is 4.94. The van der Waals surface area contributed by atoms with E-state index < -0.39 is 0 Å². The lowest BCUT2D eigenvalue weighted by Crippen LogP contribution is -2.18. The van der Waals surface area contributed by atoms with Crippen molar-refractivity contribution in [2.24, 2.45) is 0 Å². The number of hydrogen-bond donors (Lipinski definition) is 0. The highest BCUT2D eigenvalue weighted by molar-refractivity contribution is 9.10. The maximum absolute atomic E-state index is 11.4. The summed E-state index contributed by atoms with van der Waals surface area (Å²) in [6, 6.07) is 14.3. The third-order valence-corrected chi connectivity index (χ3v) is 3.43. The van der Waals surface area contributed by atoms with E-state index in [0.29, 0.717) is 6.42 Å². The van der Waals surface area contributed by atoms with Crippen molar-refractivity contribution in [2.75, 3.05) is 7.11 Å². The maximum atomic E-state index is 11.4. The Bertz CT molecular complexity index is 531. The molecule has 1 atom stereocenters. The SMILES string of the molecule is COC(=O)[C@@H](Br)Cc1cccc2ccccc12. The fraction of sp³-hybridized carbons (Fsp3) is 0.214. The molecule has 0 unspecified atom stereocenters. The molecule has 2 aromatic carbocycles. The summed E-state index contributed by atoms with van der Waals surface area (Å²) in [5.41, 5.74) is 1.15. The molecule has 0 fully saturated rings. The second kappa shape index (κ2) is 5.32. The number of esters is 1. The summed E-state index contributed by atoms with van der Waals surface area (Å²) in [6.07, 6.45) is 0.633. The van der Waals surface area contributed by atoms with Crippen molar-refractivity contribution in [3.05, 3.63) is 48.0 Å². The molecule has 0 aliphatic heterocycles. The third-order valence-electron chi connectivity index (χ3n) is 2.74. The molecule has 0 aliphatic rings. The maximum Gasteiger partial charge on any atom is 0.319 e. The van der Waals surface area contributed by atoms with Crippen LogP contribution in [0, 0.1) is 0 Å². The highest BCUT2D eigenvalue weighted by Crippen LogP contribution is 2.21. The van der Waals surface area contributed by atoms with E-state index >= 15 is 0 Å². The highest BCUT2D eigenvalue weighted by Gasteiger charge is 2.16. The average molecular weight is 293 g/mol. The molecule has 17 heavy (non-hydrogen) atoms. The van der Waals surface area contributed by atoms with Gasteiger partial charge in [0.1, 0.15) is 4.83 Å². The Kier molecular flexibility index (Phi) is 3.79. The lowest BCUT2D eigenvalue weighted by Gasteiger charge is -2.10. The molecule has 0 heterocycles. The first-order valence-electron chi connectivity index (χ1n) is 5.41. The Balaban J connectivity index is 2.33. The number of rotatable bonds is 3. The standard InChI is InChI=1S/C14H13BrO2/c1-17-14(16)13(15)9-11-7-4-6-10-5-2-3-8-12(10)11/h2-8,13H,9H2,1H3/t13-/m0/s1. The Labute approximate surface area is 109 Å². The summed E-state index contributed by atoms with van der Waals surface area (Å²) in [7, 11) is 1.40. The fourth-order valence-electron chi connectivity index (χ4n) is 1.87. The van der Waals surface area contributed by atoms with Crippen LogP contribution in [-0.2, 0) is 16.0 Å². The normalized spacial score (nSPS) is 12.4. The van der Waals surface area contributed by atoms with Crippen molar-refractivity contribution in [3.63, 3.8) is 0 Å². The quantitative estimate of drug-likeness (QED) is 0.641. The van der Waals surface area contributed by atoms with E-state index in [0.717, 1.165) is 5.56 Å². The second-order valence-electron chi connectivity index (χ2n) is 3.83. The molecule has 0 aromatic heterocycles. The minimum Gasteiger partial charge on any atom is -0.468 e. The molecule has 0 saturated heterocycles. The molecular formula is C14H13BrO2. The lowest BCUT2D eigenvalue weighted by atomic mass is 10.0. The summed E-state index contributed by atoms with van der Waals surface area (Å²) in [5.74, 6) is -0.238. The van der Waals surface area contributed by atoms with Gasteiger partial charge in [0.25, 0.3) is 0 Å². The zero-order valence-electron chi connectivity index (χ0n) is 9.52. The van der Waals surface area contributed by atoms with Crippen LogP contribution in [0.4, 0.5) is 0 Å². The number of ether oxygens (including phenoxy) is 1. The van der Waals surface area contributed by atoms with Crippen molar-refractivity contribution in [1.82, 2.24) is 0 Å². The van der Waals surface area contributed by atoms with Gasteiger partial charge in [-0.2, -0.15) is 0 Å². The first kappa shape index (κ1) is 12.1. The summed E-state index contributed by atoms with van der Waals surface area (Å²) in [5, 5.41) is 2.37. The molecule has 0 spiro atoms. The van der Waals surface area contributed by atoms with Gasteiger partial charge < -0.3 is 4.74 Å². The zero-order valence-corrected chi connectivity index (χ0v) is 11.1. The molecule has 88 valence electrons. The molecule has 2 rings (SSSR count). The molecule has 0 bridgehead atoms. The van der Waals surface area contributed by atoms with E-state index in [1.807, 2.05) is 24.3 Å². The van der Waals surface area contributed by atoms with E-state index in [4.69, 9.17) is 4.74 Å². The zero-order chi connectivity index (χ0) is 12.3. The van der Waals surface area contributed by atoms with E-state index in [9.17, 15) is 4.79 Å². The molecule has 0 radical (unpaired) electrons. The average Bonchev–Trinajstić information content (AvgIpc) is 2.38. The predicted octanol–water partition coefficient (Wildman–Crippen LogP) is 3.32. The monoisotopic (exact) mass is 292 g/mol. The van der Waals surface area contributed by atoms with Crippen LogP contribution in [-0.4, -0.2) is 17.9 Å². The Morgan fingerprint density at radius 1 is 1.24 bits per heavy atom. The molecule has 2 aromatic rings. The van der Waals surface area contributed by atoms with Gasteiger partial charge in [-0.3, -0.25) is 4.79 Å². The Hall–Kier alpha value is -1.35. The van der Waals surface area contributed by atoms with E-state index in [-0.39, 0.29) is 10.8 Å². The van der Waals surface area contributed by atoms with Crippen LogP contribution < -0.4 is 0 Å². The van der Waals surface area contributed by atoms with Gasteiger partial charge in [-0.05, 0) is 22.8 Å². The molecule has 0 N–H and O–H groups in total. The topological polar surface area (TPSA) is 26.3 Å². The first-order valence-corrected chi connectivity index (χ1v) is 6.32. The highest BCUT2D eigenvalue weighted by atomic mass is 79.9. The molecule has 0 amide bonds. The van der Waals surface area contributed by atoms with Crippen LogP contribution in [0.15, 0.2) is 42.5 Å². The lowest BCUT2D eigenvalue weighted by molar-refractivity contribution is -0.139. The van der Waals surface area contributed by atoms with Gasteiger partial charge in [-0.25, -0.2) is 0 Å². The minimum absolute atomic E-state index is 0.238. The number of halogens is 1. The summed E-state index contributed by atoms with van der Waals surface area (Å²) in [6.45, 7) is 0. The summed E-state index contributed by atoms with van der Waals surface area (Å²) in [4.78, 5) is 11.1. The van der Waals surface area contributed by atoms with Crippen LogP contribution in [0.25, 0.3) is 10.8 Å². The van der Waals surface area contributed by atoms with Crippen LogP contribution in [0.3, 0.4) is 0 Å². The van der Waals surface area contributed by atoms with Gasteiger partial charge in [0.2, 0.25) is 0 Å². The molecular weight excluding hydrogens is 280 g/mol. The van der Waals surface area contributed by atoms with E-state index in [1.165, 1.54) is 17.9 Å². The van der Waals surface area contributed by atoms with Crippen molar-refractivity contribution in [3.8, 4) is 0 Å². The smallest absolute Gasteiger partial charge is 0.319 e. The number of hydrogen-bond acceptors (Lipinski definition) is 2. The number of fused-ring (bicyclic) bond motifs is 1.